The van der Waals surface area contributed by atoms with Crippen LogP contribution in [0, 0.1) is 0 Å². The molecule has 0 bridgehead atoms. The van der Waals surface area contributed by atoms with Crippen molar-refractivity contribution in [2.45, 2.75) is 31.1 Å². The third kappa shape index (κ3) is 2.55. The fraction of sp³-hybridized carbons (Fsp3) is 0.571. The van der Waals surface area contributed by atoms with Crippen molar-refractivity contribution in [2.75, 3.05) is 35.2 Å². The van der Waals surface area contributed by atoms with E-state index in [9.17, 15) is 15.0 Å². The molecule has 2 fully saturated rings. The van der Waals surface area contributed by atoms with Crippen LogP contribution in [-0.2, 0) is 4.79 Å². The zero-order valence-electron chi connectivity index (χ0n) is 12.2. The van der Waals surface area contributed by atoms with Gasteiger partial charge in [0.2, 0.25) is 5.91 Å². The van der Waals surface area contributed by atoms with Crippen LogP contribution in [0.5, 0.6) is 0 Å². The lowest BCUT2D eigenvalue weighted by Crippen LogP contribution is -2.41. The van der Waals surface area contributed by atoms with Crippen molar-refractivity contribution in [3.05, 3.63) is 12.1 Å². The molecule has 1 amide bonds. The van der Waals surface area contributed by atoms with Gasteiger partial charge in [-0.15, -0.1) is 0 Å². The van der Waals surface area contributed by atoms with E-state index in [2.05, 4.69) is 4.98 Å². The van der Waals surface area contributed by atoms with Crippen molar-refractivity contribution >= 4 is 23.2 Å². The third-order valence-corrected chi connectivity index (χ3v) is 4.33. The Kier molecular flexibility index (Phi) is 3.79. The molecule has 6 N–H and O–H groups in total. The summed E-state index contributed by atoms with van der Waals surface area (Å²) in [6.07, 6.45) is -0.0111. The highest BCUT2D eigenvalue weighted by Gasteiger charge is 2.33. The number of carbonyl (C=O) groups is 1. The zero-order chi connectivity index (χ0) is 15.9. The van der Waals surface area contributed by atoms with Gasteiger partial charge in [-0.05, 0) is 25.0 Å². The van der Waals surface area contributed by atoms with Crippen molar-refractivity contribution in [1.29, 1.82) is 0 Å². The number of aliphatic hydroxyl groups excluding tert-OH is 2. The standard InChI is InChI=1S/C14H21N5O3/c15-8-3-4-12(18-6-10(20)11(21)7-18)17-14(8)19-5-1-2-9(19)13(16)22/h3-4,9-11,20-21H,1-2,5-7,15H2,(H2,16,22). The molecule has 3 rings (SSSR count). The first-order valence-electron chi connectivity index (χ1n) is 7.41. The number of nitrogen functional groups attached to an aromatic ring is 1. The molecule has 0 aromatic carbocycles. The second-order valence-electron chi connectivity index (χ2n) is 5.88. The van der Waals surface area contributed by atoms with Gasteiger partial charge in [-0.2, -0.15) is 0 Å². The quantitative estimate of drug-likeness (QED) is 0.544. The molecule has 3 atom stereocenters. The third-order valence-electron chi connectivity index (χ3n) is 4.33. The predicted octanol–water partition coefficient (Wildman–Crippen LogP) is -1.34. The van der Waals surface area contributed by atoms with E-state index in [0.29, 0.717) is 43.4 Å². The Hall–Kier alpha value is -2.06. The first kappa shape index (κ1) is 14.9. The second-order valence-corrected chi connectivity index (χ2v) is 5.88. The highest BCUT2D eigenvalue weighted by Crippen LogP contribution is 2.31. The molecule has 3 heterocycles. The molecule has 2 aliphatic heterocycles. The van der Waals surface area contributed by atoms with Crippen LogP contribution in [0.1, 0.15) is 12.8 Å². The minimum Gasteiger partial charge on any atom is -0.396 e. The molecule has 0 aliphatic carbocycles. The fourth-order valence-electron chi connectivity index (χ4n) is 3.13. The van der Waals surface area contributed by atoms with E-state index in [-0.39, 0.29) is 11.9 Å². The van der Waals surface area contributed by atoms with Crippen molar-refractivity contribution in [2.24, 2.45) is 5.73 Å². The van der Waals surface area contributed by atoms with E-state index in [1.165, 1.54) is 0 Å². The Bertz CT molecular complexity index is 572. The molecule has 8 nitrogen and oxygen atoms in total. The number of hydrogen-bond donors (Lipinski definition) is 4. The van der Waals surface area contributed by atoms with Gasteiger partial charge in [0.25, 0.3) is 0 Å². The van der Waals surface area contributed by atoms with Crippen molar-refractivity contribution in [3.63, 3.8) is 0 Å². The molecular formula is C14H21N5O3. The number of β-amino-alcohol motifs (C(OH)–C–C–N with tert-alkyl or cyclic N) is 2. The number of hydrogen-bond acceptors (Lipinski definition) is 7. The van der Waals surface area contributed by atoms with Gasteiger partial charge in [0, 0.05) is 19.6 Å². The van der Waals surface area contributed by atoms with Crippen LogP contribution in [0.2, 0.25) is 0 Å². The zero-order valence-corrected chi connectivity index (χ0v) is 12.2. The average Bonchev–Trinajstić information content (AvgIpc) is 3.07. The molecule has 3 unspecified atom stereocenters. The summed E-state index contributed by atoms with van der Waals surface area (Å²) >= 11 is 0. The predicted molar refractivity (Wildman–Crippen MR) is 82.4 cm³/mol. The molecule has 120 valence electrons. The number of aromatic nitrogens is 1. The molecule has 1 aromatic heterocycles. The second kappa shape index (κ2) is 5.62. The topological polar surface area (TPSA) is 129 Å². The number of aliphatic hydroxyl groups is 2. The molecule has 0 spiro atoms. The normalized spacial score (nSPS) is 28.4. The summed E-state index contributed by atoms with van der Waals surface area (Å²) in [7, 11) is 0. The van der Waals surface area contributed by atoms with E-state index >= 15 is 0 Å². The number of anilines is 3. The highest BCUT2D eigenvalue weighted by atomic mass is 16.3. The van der Waals surface area contributed by atoms with Crippen molar-refractivity contribution in [3.8, 4) is 0 Å². The fourth-order valence-corrected chi connectivity index (χ4v) is 3.13. The van der Waals surface area contributed by atoms with Crippen LogP contribution in [0.4, 0.5) is 17.3 Å². The number of nitrogens with two attached hydrogens (primary N) is 2. The van der Waals surface area contributed by atoms with E-state index in [4.69, 9.17) is 11.5 Å². The molecule has 0 saturated carbocycles. The lowest BCUT2D eigenvalue weighted by atomic mass is 10.2. The summed E-state index contributed by atoms with van der Waals surface area (Å²) in [5.41, 5.74) is 11.9. The Morgan fingerprint density at radius 2 is 1.95 bits per heavy atom. The average molecular weight is 307 g/mol. The highest BCUT2D eigenvalue weighted by molar-refractivity contribution is 5.85. The van der Waals surface area contributed by atoms with Crippen molar-refractivity contribution < 1.29 is 15.0 Å². The van der Waals surface area contributed by atoms with Gasteiger partial charge in [-0.25, -0.2) is 4.98 Å². The first-order valence-corrected chi connectivity index (χ1v) is 7.41. The van der Waals surface area contributed by atoms with Crippen LogP contribution in [0.3, 0.4) is 0 Å². The van der Waals surface area contributed by atoms with Crippen LogP contribution < -0.4 is 21.3 Å². The minimum atomic E-state index is -0.784. The van der Waals surface area contributed by atoms with Crippen molar-refractivity contribution in [1.82, 2.24) is 4.98 Å². The molecule has 1 aromatic rings. The van der Waals surface area contributed by atoms with Crippen LogP contribution in [-0.4, -0.2) is 59.0 Å². The number of pyridine rings is 1. The van der Waals surface area contributed by atoms with Crippen LogP contribution in [0.25, 0.3) is 0 Å². The number of primary amides is 1. The summed E-state index contributed by atoms with van der Waals surface area (Å²) < 4.78 is 0. The van der Waals surface area contributed by atoms with Gasteiger partial charge >= 0.3 is 0 Å². The number of carbonyl (C=O) groups excluding carboxylic acids is 1. The van der Waals surface area contributed by atoms with Gasteiger partial charge in [0.05, 0.1) is 17.9 Å². The summed E-state index contributed by atoms with van der Waals surface area (Å²) in [5.74, 6) is 0.778. The lowest BCUT2D eigenvalue weighted by molar-refractivity contribution is -0.119. The van der Waals surface area contributed by atoms with E-state index in [0.717, 1.165) is 6.42 Å². The Morgan fingerprint density at radius 3 is 2.59 bits per heavy atom. The van der Waals surface area contributed by atoms with Crippen LogP contribution in [0.15, 0.2) is 12.1 Å². The number of rotatable bonds is 3. The number of nitrogens with zero attached hydrogens (tertiary/aromatic N) is 3. The van der Waals surface area contributed by atoms with Gasteiger partial charge < -0.3 is 31.5 Å². The smallest absolute Gasteiger partial charge is 0.240 e. The molecular weight excluding hydrogens is 286 g/mol. The Morgan fingerprint density at radius 1 is 1.27 bits per heavy atom. The maximum atomic E-state index is 11.6. The van der Waals surface area contributed by atoms with Crippen LogP contribution >= 0.6 is 0 Å². The van der Waals surface area contributed by atoms with Gasteiger partial charge in [-0.1, -0.05) is 0 Å². The molecule has 2 saturated heterocycles. The largest absolute Gasteiger partial charge is 0.396 e. The Labute approximate surface area is 128 Å². The van der Waals surface area contributed by atoms with Gasteiger partial charge in [0.1, 0.15) is 11.9 Å². The SMILES string of the molecule is NC(=O)C1CCCN1c1nc(N2CC(O)C(O)C2)ccc1N. The molecule has 2 aliphatic rings. The molecule has 22 heavy (non-hydrogen) atoms. The molecule has 8 heteroatoms. The maximum Gasteiger partial charge on any atom is 0.240 e. The Balaban J connectivity index is 1.89. The minimum absolute atomic E-state index is 0.316. The maximum absolute atomic E-state index is 11.6. The van der Waals surface area contributed by atoms with E-state index < -0.39 is 12.2 Å². The summed E-state index contributed by atoms with van der Waals surface area (Å²) in [6, 6.07) is 3.09. The van der Waals surface area contributed by atoms with E-state index in [1.807, 2.05) is 4.90 Å². The summed E-state index contributed by atoms with van der Waals surface area (Å²) in [5, 5.41) is 19.3. The lowest BCUT2D eigenvalue weighted by Gasteiger charge is -2.26. The summed E-state index contributed by atoms with van der Waals surface area (Å²) in [4.78, 5) is 19.7. The van der Waals surface area contributed by atoms with E-state index in [1.54, 1.807) is 17.0 Å². The monoisotopic (exact) mass is 307 g/mol. The van der Waals surface area contributed by atoms with Gasteiger partial charge in [0.15, 0.2) is 5.82 Å². The molecule has 0 radical (unpaired) electrons. The van der Waals surface area contributed by atoms with Gasteiger partial charge in [-0.3, -0.25) is 4.79 Å². The summed E-state index contributed by atoms with van der Waals surface area (Å²) in [6.45, 7) is 1.31. The number of amides is 1. The first-order chi connectivity index (χ1) is 10.5.